The molecule has 7 nitrogen and oxygen atoms in total. The van der Waals surface area contributed by atoms with Gasteiger partial charge in [0.15, 0.2) is 5.16 Å². The van der Waals surface area contributed by atoms with Crippen LogP contribution < -0.4 is 5.56 Å². The Morgan fingerprint density at radius 1 is 1.12 bits per heavy atom. The molecule has 1 aromatic carbocycles. The van der Waals surface area contributed by atoms with E-state index < -0.39 is 0 Å². The van der Waals surface area contributed by atoms with E-state index in [0.29, 0.717) is 15.4 Å². The second-order valence-electron chi connectivity index (χ2n) is 7.70. The lowest BCUT2D eigenvalue weighted by molar-refractivity contribution is -0.128. The van der Waals surface area contributed by atoms with Crippen LogP contribution in [-0.2, 0) is 4.79 Å². The van der Waals surface area contributed by atoms with Crippen molar-refractivity contribution in [2.45, 2.75) is 45.7 Å². The van der Waals surface area contributed by atoms with Crippen molar-refractivity contribution >= 4 is 39.2 Å². The third-order valence-corrected chi connectivity index (χ3v) is 7.68. The number of nitriles is 2. The molecule has 0 atom stereocenters. The largest absolute Gasteiger partial charge is 0.340 e. The molecule has 2 heterocycles. The van der Waals surface area contributed by atoms with E-state index in [2.05, 4.69) is 0 Å². The van der Waals surface area contributed by atoms with Crippen molar-refractivity contribution in [3.8, 4) is 17.8 Å². The average molecular weight is 480 g/mol. The Kier molecular flexibility index (Phi) is 7.91. The maximum absolute atomic E-state index is 13.7. The summed E-state index contributed by atoms with van der Waals surface area (Å²) in [6.07, 6.45) is 0.403. The molecule has 33 heavy (non-hydrogen) atoms. The third kappa shape index (κ3) is 5.11. The zero-order valence-electron chi connectivity index (χ0n) is 19.1. The van der Waals surface area contributed by atoms with Crippen molar-refractivity contribution in [3.05, 3.63) is 50.1 Å². The van der Waals surface area contributed by atoms with Gasteiger partial charge >= 0.3 is 0 Å². The maximum Gasteiger partial charge on any atom is 0.267 e. The Balaban J connectivity index is 2.06. The van der Waals surface area contributed by atoms with E-state index in [4.69, 9.17) is 15.5 Å². The topological polar surface area (TPSA) is 103 Å². The number of aryl methyl sites for hydroxylation is 3. The number of fused-ring (bicyclic) bond motifs is 1. The van der Waals surface area contributed by atoms with E-state index in [0.717, 1.165) is 27.3 Å². The summed E-state index contributed by atoms with van der Waals surface area (Å²) in [7, 11) is 0. The summed E-state index contributed by atoms with van der Waals surface area (Å²) in [5, 5.41) is 18.8. The predicted molar refractivity (Wildman–Crippen MR) is 132 cm³/mol. The zero-order chi connectivity index (χ0) is 24.1. The van der Waals surface area contributed by atoms with Gasteiger partial charge in [0.1, 0.15) is 4.83 Å². The monoisotopic (exact) mass is 479 g/mol. The van der Waals surface area contributed by atoms with E-state index in [1.165, 1.54) is 28.0 Å². The van der Waals surface area contributed by atoms with Crippen molar-refractivity contribution in [2.75, 3.05) is 18.8 Å². The summed E-state index contributed by atoms with van der Waals surface area (Å²) in [6, 6.07) is 9.88. The second-order valence-corrected chi connectivity index (χ2v) is 9.85. The van der Waals surface area contributed by atoms with Crippen LogP contribution in [0.4, 0.5) is 0 Å². The number of nitrogens with zero attached hydrogens (tertiary/aromatic N) is 5. The van der Waals surface area contributed by atoms with E-state index >= 15 is 0 Å². The van der Waals surface area contributed by atoms with E-state index in [1.54, 1.807) is 4.57 Å². The Morgan fingerprint density at radius 2 is 1.79 bits per heavy atom. The molecular weight excluding hydrogens is 454 g/mol. The number of benzene rings is 1. The van der Waals surface area contributed by atoms with Crippen molar-refractivity contribution in [1.82, 2.24) is 14.5 Å². The van der Waals surface area contributed by atoms with Gasteiger partial charge in [0.05, 0.1) is 41.8 Å². The summed E-state index contributed by atoms with van der Waals surface area (Å²) in [4.78, 5) is 34.6. The van der Waals surface area contributed by atoms with Crippen LogP contribution in [0.15, 0.2) is 28.2 Å². The molecule has 0 unspecified atom stereocenters. The van der Waals surface area contributed by atoms with Crippen LogP contribution in [0.3, 0.4) is 0 Å². The fourth-order valence-electron chi connectivity index (χ4n) is 3.51. The summed E-state index contributed by atoms with van der Waals surface area (Å²) in [5.41, 5.74) is 3.57. The van der Waals surface area contributed by atoms with Crippen LogP contribution in [0.2, 0.25) is 0 Å². The minimum Gasteiger partial charge on any atom is -0.340 e. The first kappa shape index (κ1) is 24.5. The molecule has 0 aliphatic carbocycles. The summed E-state index contributed by atoms with van der Waals surface area (Å²) >= 11 is 2.68. The number of rotatable bonds is 8. The standard InChI is InChI=1S/C24H25N5O2S2/c1-15-8-5-9-19(16(15)2)29-23(31)21-17(3)18(4)33-22(21)27-24(29)32-14-20(30)28(12-6-10-25)13-7-11-26/h5,8-9H,6-7,12-14H2,1-4H3. The highest BCUT2D eigenvalue weighted by Gasteiger charge is 2.21. The number of carbonyl (C=O) groups is 1. The van der Waals surface area contributed by atoms with Gasteiger partial charge in [-0.15, -0.1) is 11.3 Å². The highest BCUT2D eigenvalue weighted by molar-refractivity contribution is 7.99. The van der Waals surface area contributed by atoms with Crippen LogP contribution in [0, 0.1) is 50.4 Å². The minimum absolute atomic E-state index is 0.0585. The first-order valence-electron chi connectivity index (χ1n) is 10.5. The summed E-state index contributed by atoms with van der Waals surface area (Å²) in [6.45, 7) is 8.42. The molecule has 0 spiro atoms. The second kappa shape index (κ2) is 10.7. The lowest BCUT2D eigenvalue weighted by atomic mass is 10.1. The Hall–Kier alpha value is -3.14. The van der Waals surface area contributed by atoms with Gasteiger partial charge in [-0.1, -0.05) is 23.9 Å². The molecule has 0 radical (unpaired) electrons. The number of hydrogen-bond donors (Lipinski definition) is 0. The Morgan fingerprint density at radius 3 is 2.42 bits per heavy atom. The van der Waals surface area contributed by atoms with Gasteiger partial charge in [0.25, 0.3) is 5.56 Å². The Bertz CT molecular complexity index is 1330. The van der Waals surface area contributed by atoms with Crippen LogP contribution in [0.25, 0.3) is 15.9 Å². The number of thioether (sulfide) groups is 1. The fraction of sp³-hybridized carbons (Fsp3) is 0.375. The lowest BCUT2D eigenvalue weighted by Crippen LogP contribution is -2.34. The van der Waals surface area contributed by atoms with Crippen LogP contribution >= 0.6 is 23.1 Å². The maximum atomic E-state index is 13.7. The molecule has 3 rings (SSSR count). The Labute approximate surface area is 201 Å². The molecule has 0 saturated carbocycles. The minimum atomic E-state index is -0.189. The molecule has 2 aromatic heterocycles. The number of amides is 1. The van der Waals surface area contributed by atoms with E-state index in [-0.39, 0.29) is 43.2 Å². The van der Waals surface area contributed by atoms with Crippen molar-refractivity contribution in [2.24, 2.45) is 0 Å². The van der Waals surface area contributed by atoms with Gasteiger partial charge in [-0.2, -0.15) is 10.5 Å². The number of aromatic nitrogens is 2. The van der Waals surface area contributed by atoms with Crippen LogP contribution in [-0.4, -0.2) is 39.2 Å². The van der Waals surface area contributed by atoms with Crippen LogP contribution in [0.5, 0.6) is 0 Å². The highest BCUT2D eigenvalue weighted by atomic mass is 32.2. The molecule has 170 valence electrons. The number of thiophene rings is 1. The molecule has 1 amide bonds. The summed E-state index contributed by atoms with van der Waals surface area (Å²) < 4.78 is 1.61. The van der Waals surface area contributed by atoms with Gasteiger partial charge in [-0.05, 0) is 50.5 Å². The van der Waals surface area contributed by atoms with E-state index in [9.17, 15) is 9.59 Å². The predicted octanol–water partition coefficient (Wildman–Crippen LogP) is 4.43. The molecule has 0 aliphatic heterocycles. The lowest BCUT2D eigenvalue weighted by Gasteiger charge is -2.20. The number of carbonyl (C=O) groups excluding carboxylic acids is 1. The average Bonchev–Trinajstić information content (AvgIpc) is 3.08. The first-order chi connectivity index (χ1) is 15.8. The SMILES string of the molecule is Cc1cccc(-n2c(SCC(=O)N(CCC#N)CCC#N)nc3sc(C)c(C)c3c2=O)c1C. The van der Waals surface area contributed by atoms with Crippen molar-refractivity contribution in [3.63, 3.8) is 0 Å². The third-order valence-electron chi connectivity index (χ3n) is 5.65. The molecule has 0 fully saturated rings. The smallest absolute Gasteiger partial charge is 0.267 e. The normalized spacial score (nSPS) is 10.7. The highest BCUT2D eigenvalue weighted by Crippen LogP contribution is 2.30. The zero-order valence-corrected chi connectivity index (χ0v) is 20.8. The molecule has 0 aliphatic rings. The molecule has 0 saturated heterocycles. The van der Waals surface area contributed by atoms with Gasteiger partial charge < -0.3 is 4.90 Å². The molecule has 3 aromatic rings. The van der Waals surface area contributed by atoms with Gasteiger partial charge in [-0.3, -0.25) is 14.2 Å². The molecule has 9 heteroatoms. The fourth-order valence-corrected chi connectivity index (χ4v) is 5.49. The van der Waals surface area contributed by atoms with Gasteiger partial charge in [0.2, 0.25) is 5.91 Å². The molecule has 0 N–H and O–H groups in total. The number of hydrogen-bond acceptors (Lipinski definition) is 7. The van der Waals surface area contributed by atoms with E-state index in [1.807, 2.05) is 58.0 Å². The quantitative estimate of drug-likeness (QED) is 0.350. The first-order valence-corrected chi connectivity index (χ1v) is 12.3. The molecular formula is C24H25N5O2S2. The van der Waals surface area contributed by atoms with Gasteiger partial charge in [-0.25, -0.2) is 4.98 Å². The van der Waals surface area contributed by atoms with Crippen LogP contribution in [0.1, 0.15) is 34.4 Å². The van der Waals surface area contributed by atoms with Gasteiger partial charge in [0, 0.05) is 18.0 Å². The summed E-state index contributed by atoms with van der Waals surface area (Å²) in [5.74, 6) is -0.130. The van der Waals surface area contributed by atoms with Crippen molar-refractivity contribution < 1.29 is 4.79 Å². The molecule has 0 bridgehead atoms. The van der Waals surface area contributed by atoms with Crippen molar-refractivity contribution in [1.29, 1.82) is 10.5 Å².